The molecule has 1 heterocycles. The lowest BCUT2D eigenvalue weighted by molar-refractivity contribution is -0.122. The van der Waals surface area contributed by atoms with Crippen molar-refractivity contribution in [1.29, 1.82) is 0 Å². The second-order valence-corrected chi connectivity index (χ2v) is 3.57. The SMILES string of the molecule is COCC(=O)Cc1ncc(Cl)cc1Cl. The number of carbonyl (C=O) groups excluding carboxylic acids is 1. The van der Waals surface area contributed by atoms with Crippen molar-refractivity contribution in [3.8, 4) is 0 Å². The number of methoxy groups -OCH3 is 1. The summed E-state index contributed by atoms with van der Waals surface area (Å²) >= 11 is 11.5. The summed E-state index contributed by atoms with van der Waals surface area (Å²) in [6.07, 6.45) is 1.63. The van der Waals surface area contributed by atoms with Gasteiger partial charge in [0.2, 0.25) is 0 Å². The quantitative estimate of drug-likeness (QED) is 0.801. The summed E-state index contributed by atoms with van der Waals surface area (Å²) in [5, 5.41) is 0.861. The van der Waals surface area contributed by atoms with E-state index in [-0.39, 0.29) is 18.8 Å². The van der Waals surface area contributed by atoms with Crippen LogP contribution in [0.3, 0.4) is 0 Å². The van der Waals surface area contributed by atoms with E-state index in [4.69, 9.17) is 27.9 Å². The van der Waals surface area contributed by atoms with Crippen molar-refractivity contribution in [3.05, 3.63) is 28.0 Å². The van der Waals surface area contributed by atoms with Gasteiger partial charge in [0.15, 0.2) is 5.78 Å². The van der Waals surface area contributed by atoms with Gasteiger partial charge in [-0.2, -0.15) is 0 Å². The molecule has 0 N–H and O–H groups in total. The van der Waals surface area contributed by atoms with Crippen LogP contribution < -0.4 is 0 Å². The third kappa shape index (κ3) is 3.25. The van der Waals surface area contributed by atoms with Crippen LogP contribution in [0.15, 0.2) is 12.3 Å². The normalized spacial score (nSPS) is 10.2. The molecule has 0 amide bonds. The highest BCUT2D eigenvalue weighted by atomic mass is 35.5. The first-order valence-corrected chi connectivity index (χ1v) is 4.69. The van der Waals surface area contributed by atoms with Crippen LogP contribution in [0.4, 0.5) is 0 Å². The van der Waals surface area contributed by atoms with E-state index in [1.54, 1.807) is 6.07 Å². The highest BCUT2D eigenvalue weighted by Crippen LogP contribution is 2.18. The maximum atomic E-state index is 11.2. The summed E-state index contributed by atoms with van der Waals surface area (Å²) in [4.78, 5) is 15.2. The monoisotopic (exact) mass is 233 g/mol. The lowest BCUT2D eigenvalue weighted by atomic mass is 10.2. The summed E-state index contributed by atoms with van der Waals surface area (Å²) in [5.74, 6) is -0.0655. The van der Waals surface area contributed by atoms with Crippen LogP contribution in [-0.2, 0) is 16.0 Å². The van der Waals surface area contributed by atoms with Gasteiger partial charge in [0.25, 0.3) is 0 Å². The van der Waals surface area contributed by atoms with Gasteiger partial charge in [-0.05, 0) is 6.07 Å². The largest absolute Gasteiger partial charge is 0.377 e. The zero-order valence-corrected chi connectivity index (χ0v) is 9.10. The third-order valence-electron chi connectivity index (χ3n) is 1.55. The number of hydrogen-bond donors (Lipinski definition) is 0. The van der Waals surface area contributed by atoms with Crippen LogP contribution in [0, 0.1) is 0 Å². The van der Waals surface area contributed by atoms with Gasteiger partial charge in [0.05, 0.1) is 22.2 Å². The van der Waals surface area contributed by atoms with Crippen LogP contribution in [0.2, 0.25) is 10.0 Å². The fourth-order valence-corrected chi connectivity index (χ4v) is 1.42. The predicted molar refractivity (Wildman–Crippen MR) is 54.8 cm³/mol. The summed E-state index contributed by atoms with van der Waals surface area (Å²) in [7, 11) is 1.47. The average molecular weight is 234 g/mol. The summed E-state index contributed by atoms with van der Waals surface area (Å²) in [6.45, 7) is 0.0701. The number of Topliss-reactive ketones (excluding diaryl/α,β-unsaturated/α-hetero) is 1. The molecule has 0 radical (unpaired) electrons. The molecule has 76 valence electrons. The Morgan fingerprint density at radius 2 is 2.29 bits per heavy atom. The van der Waals surface area contributed by atoms with Crippen LogP contribution in [-0.4, -0.2) is 24.5 Å². The molecule has 0 unspecified atom stereocenters. The van der Waals surface area contributed by atoms with Crippen LogP contribution in [0.25, 0.3) is 0 Å². The van der Waals surface area contributed by atoms with E-state index in [9.17, 15) is 4.79 Å². The maximum absolute atomic E-state index is 11.2. The number of rotatable bonds is 4. The Bertz CT molecular complexity index is 342. The lowest BCUT2D eigenvalue weighted by Gasteiger charge is -2.02. The second kappa shape index (κ2) is 5.29. The number of pyridine rings is 1. The van der Waals surface area contributed by atoms with Crippen molar-refractivity contribution in [1.82, 2.24) is 4.98 Å². The number of halogens is 2. The molecular weight excluding hydrogens is 225 g/mol. The van der Waals surface area contributed by atoms with E-state index in [0.717, 1.165) is 0 Å². The molecule has 1 rings (SSSR count). The van der Waals surface area contributed by atoms with Crippen molar-refractivity contribution >= 4 is 29.0 Å². The molecule has 3 nitrogen and oxygen atoms in total. The number of aromatic nitrogens is 1. The molecule has 0 atom stereocenters. The summed E-state index contributed by atoms with van der Waals surface area (Å²) in [5.41, 5.74) is 0.526. The fraction of sp³-hybridized carbons (Fsp3) is 0.333. The van der Waals surface area contributed by atoms with Gasteiger partial charge in [-0.15, -0.1) is 0 Å². The van der Waals surface area contributed by atoms with E-state index < -0.39 is 0 Å². The Labute approximate surface area is 92.0 Å². The zero-order valence-electron chi connectivity index (χ0n) is 7.59. The molecule has 0 aliphatic rings. The van der Waals surface area contributed by atoms with Gasteiger partial charge < -0.3 is 4.74 Å². The third-order valence-corrected chi connectivity index (χ3v) is 2.09. The van der Waals surface area contributed by atoms with Crippen molar-refractivity contribution < 1.29 is 9.53 Å². The number of nitrogens with zero attached hydrogens (tertiary/aromatic N) is 1. The summed E-state index contributed by atoms with van der Waals surface area (Å²) in [6, 6.07) is 1.56. The first-order chi connectivity index (χ1) is 6.63. The van der Waals surface area contributed by atoms with Gasteiger partial charge in [-0.3, -0.25) is 9.78 Å². The molecule has 0 aromatic carbocycles. The average Bonchev–Trinajstić information content (AvgIpc) is 2.10. The molecule has 5 heteroatoms. The minimum atomic E-state index is -0.0655. The van der Waals surface area contributed by atoms with Crippen molar-refractivity contribution in [2.24, 2.45) is 0 Å². The van der Waals surface area contributed by atoms with Gasteiger partial charge in [-0.25, -0.2) is 0 Å². The topological polar surface area (TPSA) is 39.2 Å². The minimum Gasteiger partial charge on any atom is -0.377 e. The van der Waals surface area contributed by atoms with Gasteiger partial charge in [-0.1, -0.05) is 23.2 Å². The molecule has 0 spiro atoms. The molecule has 0 saturated heterocycles. The van der Waals surface area contributed by atoms with Crippen molar-refractivity contribution in [2.45, 2.75) is 6.42 Å². The number of carbonyl (C=O) groups is 1. The zero-order chi connectivity index (χ0) is 10.6. The number of ether oxygens (including phenoxy) is 1. The Kier molecular flexibility index (Phi) is 4.32. The van der Waals surface area contributed by atoms with Crippen molar-refractivity contribution in [2.75, 3.05) is 13.7 Å². The molecule has 0 aliphatic carbocycles. The van der Waals surface area contributed by atoms with Crippen LogP contribution in [0.5, 0.6) is 0 Å². The van der Waals surface area contributed by atoms with Crippen LogP contribution >= 0.6 is 23.2 Å². The minimum absolute atomic E-state index is 0.0655. The van der Waals surface area contributed by atoms with E-state index in [2.05, 4.69) is 4.98 Å². The van der Waals surface area contributed by atoms with E-state index in [1.165, 1.54) is 13.3 Å². The Morgan fingerprint density at radius 3 is 2.86 bits per heavy atom. The highest BCUT2D eigenvalue weighted by Gasteiger charge is 2.08. The van der Waals surface area contributed by atoms with Gasteiger partial charge >= 0.3 is 0 Å². The van der Waals surface area contributed by atoms with Crippen LogP contribution in [0.1, 0.15) is 5.69 Å². The maximum Gasteiger partial charge on any atom is 0.164 e. The first-order valence-electron chi connectivity index (χ1n) is 3.94. The molecule has 0 bridgehead atoms. The van der Waals surface area contributed by atoms with Crippen molar-refractivity contribution in [3.63, 3.8) is 0 Å². The van der Waals surface area contributed by atoms with Gasteiger partial charge in [0, 0.05) is 13.3 Å². The Morgan fingerprint density at radius 1 is 1.57 bits per heavy atom. The first kappa shape index (κ1) is 11.4. The van der Waals surface area contributed by atoms with E-state index in [1.807, 2.05) is 0 Å². The summed E-state index contributed by atoms with van der Waals surface area (Å²) < 4.78 is 4.69. The Balaban J connectivity index is 2.72. The smallest absolute Gasteiger partial charge is 0.164 e. The molecule has 1 aromatic rings. The number of hydrogen-bond acceptors (Lipinski definition) is 3. The highest BCUT2D eigenvalue weighted by molar-refractivity contribution is 6.34. The molecule has 14 heavy (non-hydrogen) atoms. The standard InChI is InChI=1S/C9H9Cl2NO2/c1-14-5-7(13)3-9-8(11)2-6(10)4-12-9/h2,4H,3,5H2,1H3. The second-order valence-electron chi connectivity index (χ2n) is 2.73. The molecule has 0 aliphatic heterocycles. The van der Waals surface area contributed by atoms with Gasteiger partial charge in [0.1, 0.15) is 6.61 Å². The molecular formula is C9H9Cl2NO2. The van der Waals surface area contributed by atoms with E-state index >= 15 is 0 Å². The molecule has 0 saturated carbocycles. The Hall–Kier alpha value is -0.640. The number of ketones is 1. The van der Waals surface area contributed by atoms with E-state index in [0.29, 0.717) is 15.7 Å². The lowest BCUT2D eigenvalue weighted by Crippen LogP contribution is -2.11. The molecule has 0 fully saturated rings. The fourth-order valence-electron chi connectivity index (χ4n) is 0.972. The molecule has 1 aromatic heterocycles. The predicted octanol–water partition coefficient (Wildman–Crippen LogP) is 2.15.